The number of fused-ring (bicyclic) bond motifs is 5. The number of anilines is 5. The molecule has 8 aromatic rings. The van der Waals surface area contributed by atoms with Gasteiger partial charge in [-0.3, -0.25) is 0 Å². The summed E-state index contributed by atoms with van der Waals surface area (Å²) in [6.07, 6.45) is 8.94. The van der Waals surface area contributed by atoms with Crippen LogP contribution in [0, 0.1) is 0 Å². The third-order valence-electron chi connectivity index (χ3n) is 12.3. The monoisotopic (exact) mass is 746 g/mol. The Balaban J connectivity index is 1.12. The third-order valence-corrected chi connectivity index (χ3v) is 12.3. The van der Waals surface area contributed by atoms with Crippen LogP contribution in [0.1, 0.15) is 37.8 Å². The van der Waals surface area contributed by atoms with Gasteiger partial charge in [0.2, 0.25) is 0 Å². The number of benzene rings is 8. The molecule has 2 aliphatic carbocycles. The fourth-order valence-corrected chi connectivity index (χ4v) is 9.49. The van der Waals surface area contributed by atoms with Gasteiger partial charge in [-0.25, -0.2) is 0 Å². The number of para-hydroxylation sites is 1. The zero-order chi connectivity index (χ0) is 38.8. The molecule has 0 saturated heterocycles. The van der Waals surface area contributed by atoms with Gasteiger partial charge in [0.25, 0.3) is 0 Å². The normalized spacial score (nSPS) is 14.2. The molecule has 11 rings (SSSR count). The van der Waals surface area contributed by atoms with Crippen molar-refractivity contribution in [2.75, 3.05) is 9.80 Å². The minimum atomic E-state index is -0.133. The van der Waals surface area contributed by atoms with Gasteiger partial charge in [-0.15, -0.1) is 0 Å². The molecule has 3 aliphatic rings. The van der Waals surface area contributed by atoms with Crippen molar-refractivity contribution in [2.24, 2.45) is 0 Å². The van der Waals surface area contributed by atoms with Crippen LogP contribution in [0.4, 0.5) is 28.4 Å². The molecule has 0 unspecified atom stereocenters. The van der Waals surface area contributed by atoms with Crippen LogP contribution >= 0.6 is 0 Å². The van der Waals surface area contributed by atoms with Crippen molar-refractivity contribution in [1.82, 2.24) is 0 Å². The van der Waals surface area contributed by atoms with Crippen molar-refractivity contribution in [3.8, 4) is 44.9 Å². The molecule has 0 N–H and O–H groups in total. The van der Waals surface area contributed by atoms with Gasteiger partial charge in [-0.2, -0.15) is 0 Å². The van der Waals surface area contributed by atoms with E-state index in [1.54, 1.807) is 0 Å². The second kappa shape index (κ2) is 13.5. The van der Waals surface area contributed by atoms with Gasteiger partial charge in [0.05, 0.1) is 11.4 Å². The van der Waals surface area contributed by atoms with Crippen LogP contribution in [0.5, 0.6) is 11.5 Å². The molecule has 3 heteroatoms. The van der Waals surface area contributed by atoms with E-state index in [0.29, 0.717) is 0 Å². The van der Waals surface area contributed by atoms with E-state index in [9.17, 15) is 0 Å². The van der Waals surface area contributed by atoms with Crippen molar-refractivity contribution >= 4 is 39.2 Å². The van der Waals surface area contributed by atoms with Crippen LogP contribution in [0.3, 0.4) is 0 Å². The van der Waals surface area contributed by atoms with Gasteiger partial charge in [-0.1, -0.05) is 141 Å². The molecule has 1 aliphatic heterocycles. The Morgan fingerprint density at radius 3 is 1.98 bits per heavy atom. The molecule has 0 atom stereocenters. The van der Waals surface area contributed by atoms with E-state index < -0.39 is 0 Å². The maximum absolute atomic E-state index is 6.92. The third kappa shape index (κ3) is 5.42. The molecule has 3 nitrogen and oxygen atoms in total. The van der Waals surface area contributed by atoms with Crippen LogP contribution in [-0.4, -0.2) is 0 Å². The summed E-state index contributed by atoms with van der Waals surface area (Å²) >= 11 is 0. The van der Waals surface area contributed by atoms with Gasteiger partial charge < -0.3 is 14.5 Å². The Labute approximate surface area is 340 Å². The second-order valence-electron chi connectivity index (χ2n) is 16.0. The van der Waals surface area contributed by atoms with E-state index in [0.717, 1.165) is 74.7 Å². The van der Waals surface area contributed by atoms with Crippen molar-refractivity contribution in [1.29, 1.82) is 0 Å². The van der Waals surface area contributed by atoms with E-state index in [1.807, 2.05) is 0 Å². The molecular formula is C55H42N2O. The lowest BCUT2D eigenvalue weighted by Gasteiger charge is -2.33. The Hall–Kier alpha value is -7.10. The predicted molar refractivity (Wildman–Crippen MR) is 242 cm³/mol. The Bertz CT molecular complexity index is 2940. The topological polar surface area (TPSA) is 15.7 Å². The molecule has 1 heterocycles. The molecule has 0 aromatic heterocycles. The van der Waals surface area contributed by atoms with Gasteiger partial charge in [-0.05, 0) is 119 Å². The van der Waals surface area contributed by atoms with E-state index >= 15 is 0 Å². The number of nitrogens with zero attached hydrogens (tertiary/aromatic N) is 2. The molecule has 58 heavy (non-hydrogen) atoms. The zero-order valence-electron chi connectivity index (χ0n) is 32.7. The van der Waals surface area contributed by atoms with E-state index in [2.05, 4.69) is 218 Å². The van der Waals surface area contributed by atoms with Gasteiger partial charge >= 0.3 is 0 Å². The first-order chi connectivity index (χ1) is 28.5. The summed E-state index contributed by atoms with van der Waals surface area (Å²) in [6, 6.07) is 63.8. The van der Waals surface area contributed by atoms with Gasteiger partial charge in [0.15, 0.2) is 0 Å². The lowest BCUT2D eigenvalue weighted by Crippen LogP contribution is -2.18. The Kier molecular flexibility index (Phi) is 7.97. The van der Waals surface area contributed by atoms with Crippen LogP contribution in [0.25, 0.3) is 44.2 Å². The highest BCUT2D eigenvalue weighted by atomic mass is 16.5. The maximum atomic E-state index is 6.92. The maximum Gasteiger partial charge on any atom is 0.137 e. The molecule has 0 saturated carbocycles. The van der Waals surface area contributed by atoms with Crippen molar-refractivity contribution in [2.45, 2.75) is 32.1 Å². The molecule has 0 spiro atoms. The van der Waals surface area contributed by atoms with Crippen LogP contribution in [0.2, 0.25) is 0 Å². The summed E-state index contributed by atoms with van der Waals surface area (Å²) in [5.41, 5.74) is 16.6. The zero-order valence-corrected chi connectivity index (χ0v) is 32.7. The molecule has 278 valence electrons. The standard InChI is InChI=1S/C55H42N2O/c1-55(2)47-25-13-12-22-43(47)44-33-32-42(36-48(44)55)57(41-30-28-38(29-31-41)37-16-6-3-7-17-37)49-34-35-52-53-45(49)23-14-24-46(53)54-50(26-15-27-51(54)58-52)56(39-18-8-4-9-19-39)40-20-10-5-11-21-40/h3-4,6-10,12-36H,5,11H2,1-2H3. The average molecular weight is 747 g/mol. The Morgan fingerprint density at radius 2 is 1.17 bits per heavy atom. The summed E-state index contributed by atoms with van der Waals surface area (Å²) in [7, 11) is 0. The fourth-order valence-electron chi connectivity index (χ4n) is 9.49. The Morgan fingerprint density at radius 1 is 0.483 bits per heavy atom. The lowest BCUT2D eigenvalue weighted by molar-refractivity contribution is 0.487. The summed E-state index contributed by atoms with van der Waals surface area (Å²) in [4.78, 5) is 4.82. The SMILES string of the molecule is CC1(C)c2ccccc2-c2ccc(N(c3ccc(-c4ccccc4)cc3)c3ccc4c5c(cccc35)-c3c(cccc3N(C3=CCCC=C3)c3ccccc3)O4)cc21. The van der Waals surface area contributed by atoms with Crippen molar-refractivity contribution in [3.63, 3.8) is 0 Å². The summed E-state index contributed by atoms with van der Waals surface area (Å²) < 4.78 is 6.92. The second-order valence-corrected chi connectivity index (χ2v) is 16.0. The number of hydrogen-bond donors (Lipinski definition) is 0. The number of ether oxygens (including phenoxy) is 1. The molecular weight excluding hydrogens is 705 g/mol. The number of rotatable bonds is 7. The molecule has 0 radical (unpaired) electrons. The predicted octanol–water partition coefficient (Wildman–Crippen LogP) is 15.4. The first kappa shape index (κ1) is 34.2. The highest BCUT2D eigenvalue weighted by molar-refractivity contribution is 6.13. The fraction of sp³-hybridized carbons (Fsp3) is 0.0909. The highest BCUT2D eigenvalue weighted by Gasteiger charge is 2.36. The smallest absolute Gasteiger partial charge is 0.137 e. The molecule has 8 aromatic carbocycles. The number of hydrogen-bond acceptors (Lipinski definition) is 3. The molecule has 0 amide bonds. The van der Waals surface area contributed by atoms with Crippen LogP contribution in [-0.2, 0) is 5.41 Å². The van der Waals surface area contributed by atoms with Crippen molar-refractivity contribution in [3.05, 3.63) is 211 Å². The first-order valence-corrected chi connectivity index (χ1v) is 20.3. The minimum absolute atomic E-state index is 0.133. The average Bonchev–Trinajstić information content (AvgIpc) is 3.51. The van der Waals surface area contributed by atoms with E-state index in [1.165, 1.54) is 39.1 Å². The van der Waals surface area contributed by atoms with Crippen LogP contribution < -0.4 is 14.5 Å². The van der Waals surface area contributed by atoms with Gasteiger partial charge in [0.1, 0.15) is 11.5 Å². The quantitative estimate of drug-likeness (QED) is 0.162. The first-order valence-electron chi connectivity index (χ1n) is 20.3. The van der Waals surface area contributed by atoms with E-state index in [-0.39, 0.29) is 5.41 Å². The lowest BCUT2D eigenvalue weighted by atomic mass is 9.82. The number of allylic oxidation sites excluding steroid dienone is 3. The largest absolute Gasteiger partial charge is 0.456 e. The van der Waals surface area contributed by atoms with Gasteiger partial charge in [0, 0.05) is 44.5 Å². The summed E-state index contributed by atoms with van der Waals surface area (Å²) in [6.45, 7) is 4.71. The highest BCUT2D eigenvalue weighted by Crippen LogP contribution is 2.55. The van der Waals surface area contributed by atoms with Crippen molar-refractivity contribution < 1.29 is 4.74 Å². The van der Waals surface area contributed by atoms with E-state index in [4.69, 9.17) is 4.74 Å². The molecule has 0 bridgehead atoms. The van der Waals surface area contributed by atoms with Crippen LogP contribution in [0.15, 0.2) is 200 Å². The minimum Gasteiger partial charge on any atom is -0.456 e. The summed E-state index contributed by atoms with van der Waals surface area (Å²) in [5.74, 6) is 1.73. The molecule has 0 fully saturated rings. The summed E-state index contributed by atoms with van der Waals surface area (Å²) in [5, 5.41) is 2.25.